The van der Waals surface area contributed by atoms with Crippen molar-refractivity contribution in [1.82, 2.24) is 4.90 Å². The lowest BCUT2D eigenvalue weighted by atomic mass is 10.1. The highest BCUT2D eigenvalue weighted by molar-refractivity contribution is 8.26. The number of furan rings is 1. The van der Waals surface area contributed by atoms with Crippen LogP contribution in [0.3, 0.4) is 0 Å². The van der Waals surface area contributed by atoms with E-state index >= 15 is 0 Å². The maximum atomic E-state index is 12.3. The summed E-state index contributed by atoms with van der Waals surface area (Å²) in [5.74, 6) is -1.19. The number of thiocarbonyl (C=S) groups is 1. The summed E-state index contributed by atoms with van der Waals surface area (Å²) in [7, 11) is 0. The Morgan fingerprint density at radius 1 is 1.65 bits per heavy atom. The Balaban J connectivity index is 2.26. The monoisotopic (exact) mass is 310 g/mol. The third-order valence-corrected chi connectivity index (χ3v) is 4.12. The van der Waals surface area contributed by atoms with Crippen molar-refractivity contribution in [3.63, 3.8) is 0 Å². The Morgan fingerprint density at radius 2 is 2.40 bits per heavy atom. The quantitative estimate of drug-likeness (QED) is 0.604. The highest BCUT2D eigenvalue weighted by Gasteiger charge is 2.37. The van der Waals surface area contributed by atoms with E-state index in [4.69, 9.17) is 16.6 Å². The lowest BCUT2D eigenvalue weighted by molar-refractivity contribution is -0.310. The maximum Gasteiger partial charge on any atom is 0.266 e. The topological polar surface area (TPSA) is 73.6 Å². The van der Waals surface area contributed by atoms with Gasteiger partial charge in [-0.15, -0.1) is 0 Å². The molecule has 7 heteroatoms. The molecule has 20 heavy (non-hydrogen) atoms. The van der Waals surface area contributed by atoms with Gasteiger partial charge in [0.15, 0.2) is 0 Å². The molecule has 106 valence electrons. The molecule has 2 heterocycles. The molecule has 0 spiro atoms. The Kier molecular flexibility index (Phi) is 4.61. The minimum atomic E-state index is -1.29. The summed E-state index contributed by atoms with van der Waals surface area (Å²) in [4.78, 5) is 24.9. The van der Waals surface area contributed by atoms with Crippen LogP contribution in [0.15, 0.2) is 27.7 Å². The van der Waals surface area contributed by atoms with Crippen molar-refractivity contribution < 1.29 is 19.1 Å². The van der Waals surface area contributed by atoms with E-state index in [1.807, 2.05) is 6.92 Å². The number of carbonyl (C=O) groups excluding carboxylic acids is 2. The van der Waals surface area contributed by atoms with Crippen LogP contribution in [0.25, 0.3) is 6.08 Å². The van der Waals surface area contributed by atoms with Gasteiger partial charge in [0, 0.05) is 6.08 Å². The van der Waals surface area contributed by atoms with Crippen molar-refractivity contribution in [3.8, 4) is 0 Å². The van der Waals surface area contributed by atoms with E-state index in [9.17, 15) is 14.7 Å². The number of carbonyl (C=O) groups is 2. The Bertz CT molecular complexity index is 565. The fourth-order valence-corrected chi connectivity index (χ4v) is 3.21. The second-order valence-corrected chi connectivity index (χ2v) is 5.87. The lowest BCUT2D eigenvalue weighted by Crippen LogP contribution is -2.49. The molecule has 1 saturated heterocycles. The number of hydrogen-bond acceptors (Lipinski definition) is 6. The smallest absolute Gasteiger partial charge is 0.266 e. The van der Waals surface area contributed by atoms with Gasteiger partial charge in [-0.05, 0) is 18.6 Å². The number of amides is 1. The molecule has 1 fully saturated rings. The molecule has 0 unspecified atom stereocenters. The minimum absolute atomic E-state index is 0.232. The Labute approximate surface area is 125 Å². The first-order valence-corrected chi connectivity index (χ1v) is 7.28. The number of aliphatic carboxylic acids is 1. The minimum Gasteiger partial charge on any atom is -0.548 e. The fourth-order valence-electron chi connectivity index (χ4n) is 1.88. The van der Waals surface area contributed by atoms with Crippen LogP contribution in [0.1, 0.15) is 25.5 Å². The van der Waals surface area contributed by atoms with E-state index in [2.05, 4.69) is 0 Å². The summed E-state index contributed by atoms with van der Waals surface area (Å²) in [5, 5.41) is 11.2. The van der Waals surface area contributed by atoms with Gasteiger partial charge < -0.3 is 14.3 Å². The first kappa shape index (κ1) is 14.8. The van der Waals surface area contributed by atoms with Gasteiger partial charge in [-0.25, -0.2) is 0 Å². The number of carboxylic acid groups (broad SMARTS) is 1. The number of rotatable bonds is 5. The normalized spacial score (nSPS) is 18.9. The molecule has 1 aliphatic rings. The summed E-state index contributed by atoms with van der Waals surface area (Å²) < 4.78 is 5.37. The van der Waals surface area contributed by atoms with E-state index in [0.29, 0.717) is 23.5 Å². The SMILES string of the molecule is CCC[C@@H](C(=O)[O-])N1C(=O)/C(=C\c2ccco2)SC1=S. The van der Waals surface area contributed by atoms with Gasteiger partial charge in [-0.3, -0.25) is 9.69 Å². The molecule has 1 atom stereocenters. The average molecular weight is 310 g/mol. The first-order chi connectivity index (χ1) is 9.54. The van der Waals surface area contributed by atoms with Crippen molar-refractivity contribution in [2.45, 2.75) is 25.8 Å². The van der Waals surface area contributed by atoms with Crippen LogP contribution in [0, 0.1) is 0 Å². The molecular weight excluding hydrogens is 298 g/mol. The largest absolute Gasteiger partial charge is 0.548 e. The van der Waals surface area contributed by atoms with Gasteiger partial charge >= 0.3 is 0 Å². The highest BCUT2D eigenvalue weighted by atomic mass is 32.2. The summed E-state index contributed by atoms with van der Waals surface area (Å²) in [6.45, 7) is 1.84. The Morgan fingerprint density at radius 3 is 2.95 bits per heavy atom. The predicted octanol–water partition coefficient (Wildman–Crippen LogP) is 1.40. The second-order valence-electron chi connectivity index (χ2n) is 4.19. The van der Waals surface area contributed by atoms with Gasteiger partial charge in [-0.2, -0.15) is 0 Å². The first-order valence-electron chi connectivity index (χ1n) is 6.06. The molecular formula is C13H12NO4S2-. The summed E-state index contributed by atoms with van der Waals surface area (Å²) >= 11 is 6.17. The highest BCUT2D eigenvalue weighted by Crippen LogP contribution is 2.34. The fraction of sp³-hybridized carbons (Fsp3) is 0.308. The average Bonchev–Trinajstić information content (AvgIpc) is 2.98. The van der Waals surface area contributed by atoms with E-state index in [1.54, 1.807) is 18.2 Å². The zero-order valence-electron chi connectivity index (χ0n) is 10.7. The van der Waals surface area contributed by atoms with Gasteiger partial charge in [-0.1, -0.05) is 37.3 Å². The number of hydrogen-bond donors (Lipinski definition) is 0. The molecule has 0 saturated carbocycles. The van der Waals surface area contributed by atoms with E-state index < -0.39 is 17.9 Å². The molecule has 0 aliphatic carbocycles. The summed E-state index contributed by atoms with van der Waals surface area (Å²) in [6, 6.07) is 2.39. The predicted molar refractivity (Wildman–Crippen MR) is 77.4 cm³/mol. The number of nitrogens with zero attached hydrogens (tertiary/aromatic N) is 1. The van der Waals surface area contributed by atoms with Crippen molar-refractivity contribution in [2.24, 2.45) is 0 Å². The zero-order valence-corrected chi connectivity index (χ0v) is 12.3. The van der Waals surface area contributed by atoms with Gasteiger partial charge in [0.2, 0.25) is 0 Å². The van der Waals surface area contributed by atoms with Crippen LogP contribution in [0.4, 0.5) is 0 Å². The molecule has 0 bridgehead atoms. The molecule has 0 aromatic carbocycles. The lowest BCUT2D eigenvalue weighted by Gasteiger charge is -2.27. The third-order valence-electron chi connectivity index (χ3n) is 2.79. The number of thioether (sulfide) groups is 1. The number of carboxylic acids is 1. The van der Waals surface area contributed by atoms with Crippen molar-refractivity contribution in [1.29, 1.82) is 0 Å². The molecule has 1 aliphatic heterocycles. The van der Waals surface area contributed by atoms with Crippen molar-refractivity contribution in [3.05, 3.63) is 29.1 Å². The van der Waals surface area contributed by atoms with Gasteiger partial charge in [0.25, 0.3) is 5.91 Å². The summed E-state index contributed by atoms with van der Waals surface area (Å²) in [6.07, 6.45) is 3.97. The van der Waals surface area contributed by atoms with Crippen LogP contribution < -0.4 is 5.11 Å². The van der Waals surface area contributed by atoms with Crippen LogP contribution in [0.2, 0.25) is 0 Å². The maximum absolute atomic E-state index is 12.3. The molecule has 1 aromatic rings. The molecule has 1 amide bonds. The molecule has 1 aromatic heterocycles. The molecule has 0 N–H and O–H groups in total. The van der Waals surface area contributed by atoms with E-state index in [0.717, 1.165) is 16.7 Å². The zero-order chi connectivity index (χ0) is 14.7. The van der Waals surface area contributed by atoms with Crippen LogP contribution in [0.5, 0.6) is 0 Å². The van der Waals surface area contributed by atoms with E-state index in [1.165, 1.54) is 6.26 Å². The Hall–Kier alpha value is -1.60. The van der Waals surface area contributed by atoms with Crippen molar-refractivity contribution >= 4 is 46.3 Å². The van der Waals surface area contributed by atoms with Crippen molar-refractivity contribution in [2.75, 3.05) is 0 Å². The van der Waals surface area contributed by atoms with Crippen LogP contribution in [-0.2, 0) is 9.59 Å². The van der Waals surface area contributed by atoms with Gasteiger partial charge in [0.05, 0.1) is 23.2 Å². The van der Waals surface area contributed by atoms with Crippen LogP contribution in [-0.4, -0.2) is 27.1 Å². The van der Waals surface area contributed by atoms with E-state index in [-0.39, 0.29) is 4.32 Å². The standard InChI is InChI=1S/C13H13NO4S2/c1-2-4-9(12(16)17)14-11(15)10(20-13(14)19)7-8-5-3-6-18-8/h3,5-7,9H,2,4H2,1H3,(H,16,17)/p-1/b10-7+/t9-/m0/s1. The molecule has 5 nitrogen and oxygen atoms in total. The second kappa shape index (κ2) is 6.23. The third kappa shape index (κ3) is 2.94. The molecule has 2 rings (SSSR count). The summed E-state index contributed by atoms with van der Waals surface area (Å²) in [5.41, 5.74) is 0. The van der Waals surface area contributed by atoms with Gasteiger partial charge in [0.1, 0.15) is 10.1 Å². The molecule has 0 radical (unpaired) electrons. The van der Waals surface area contributed by atoms with Crippen LogP contribution >= 0.6 is 24.0 Å².